The van der Waals surface area contributed by atoms with Gasteiger partial charge >= 0.3 is 0 Å². The molecule has 0 aliphatic rings. The van der Waals surface area contributed by atoms with Crippen molar-refractivity contribution in [3.05, 3.63) is 23.8 Å². The minimum absolute atomic E-state index is 0.0256. The lowest BCUT2D eigenvalue weighted by Gasteiger charge is -2.17. The van der Waals surface area contributed by atoms with Crippen LogP contribution in [-0.2, 0) is 4.79 Å². The number of nitriles is 1. The van der Waals surface area contributed by atoms with Gasteiger partial charge in [0.1, 0.15) is 0 Å². The van der Waals surface area contributed by atoms with Gasteiger partial charge < -0.3 is 16.0 Å². The van der Waals surface area contributed by atoms with Gasteiger partial charge in [0.15, 0.2) is 0 Å². The molecule has 108 valence electrons. The van der Waals surface area contributed by atoms with E-state index in [1.165, 1.54) is 0 Å². The number of carbonyl (C=O) groups excluding carboxylic acids is 1. The summed E-state index contributed by atoms with van der Waals surface area (Å²) < 4.78 is 0. The normalized spacial score (nSPS) is 11.9. The van der Waals surface area contributed by atoms with Crippen molar-refractivity contribution in [1.82, 2.24) is 4.90 Å². The number of nitrogen functional groups attached to an aromatic ring is 1. The highest BCUT2D eigenvalue weighted by Gasteiger charge is 2.09. The third-order valence-corrected chi connectivity index (χ3v) is 3.05. The Kier molecular flexibility index (Phi) is 6.01. The molecule has 0 fully saturated rings. The van der Waals surface area contributed by atoms with Crippen LogP contribution in [0.25, 0.3) is 0 Å². The zero-order valence-corrected chi connectivity index (χ0v) is 12.3. The predicted molar refractivity (Wildman–Crippen MR) is 81.1 cm³/mol. The fourth-order valence-electron chi connectivity index (χ4n) is 1.93. The maximum Gasteiger partial charge on any atom is 0.225 e. The van der Waals surface area contributed by atoms with Gasteiger partial charge in [0.25, 0.3) is 0 Å². The number of benzene rings is 1. The van der Waals surface area contributed by atoms with Crippen LogP contribution in [0.2, 0.25) is 0 Å². The number of hydrogen-bond donors (Lipinski definition) is 2. The molecule has 0 saturated carbocycles. The summed E-state index contributed by atoms with van der Waals surface area (Å²) in [5.41, 5.74) is 8.09. The van der Waals surface area contributed by atoms with Crippen molar-refractivity contribution in [2.75, 3.05) is 31.2 Å². The molecule has 0 aliphatic carbocycles. The standard InChI is InChI=1S/C15H22N4O/c1-11(9-16)10-19(3)7-6-15(20)18-14-5-4-13(17)8-12(14)2/h4-5,8,11H,6-7,10,17H2,1-3H3,(H,18,20). The van der Waals surface area contributed by atoms with E-state index in [0.29, 0.717) is 25.2 Å². The van der Waals surface area contributed by atoms with Crippen LogP contribution in [-0.4, -0.2) is 30.9 Å². The van der Waals surface area contributed by atoms with Crippen LogP contribution in [0.15, 0.2) is 18.2 Å². The first-order valence-electron chi connectivity index (χ1n) is 6.66. The van der Waals surface area contributed by atoms with E-state index < -0.39 is 0 Å². The SMILES string of the molecule is Cc1cc(N)ccc1NC(=O)CCN(C)CC(C)C#N. The Morgan fingerprint density at radius 3 is 2.85 bits per heavy atom. The quantitative estimate of drug-likeness (QED) is 0.777. The highest BCUT2D eigenvalue weighted by Crippen LogP contribution is 2.17. The van der Waals surface area contributed by atoms with Crippen molar-refractivity contribution < 1.29 is 4.79 Å². The molecule has 1 rings (SSSR count). The second-order valence-corrected chi connectivity index (χ2v) is 5.16. The number of nitrogens with zero attached hydrogens (tertiary/aromatic N) is 2. The average molecular weight is 274 g/mol. The minimum Gasteiger partial charge on any atom is -0.399 e. The zero-order chi connectivity index (χ0) is 15.1. The molecule has 1 amide bonds. The molecule has 0 heterocycles. The molecule has 5 heteroatoms. The molecule has 0 saturated heterocycles. The zero-order valence-electron chi connectivity index (χ0n) is 12.3. The van der Waals surface area contributed by atoms with Crippen molar-refractivity contribution in [2.24, 2.45) is 5.92 Å². The number of nitrogens with two attached hydrogens (primary N) is 1. The summed E-state index contributed by atoms with van der Waals surface area (Å²) in [5, 5.41) is 11.6. The van der Waals surface area contributed by atoms with Gasteiger partial charge in [-0.3, -0.25) is 4.79 Å². The first-order valence-corrected chi connectivity index (χ1v) is 6.66. The number of anilines is 2. The van der Waals surface area contributed by atoms with E-state index >= 15 is 0 Å². The van der Waals surface area contributed by atoms with Crippen molar-refractivity contribution in [1.29, 1.82) is 5.26 Å². The van der Waals surface area contributed by atoms with E-state index in [-0.39, 0.29) is 11.8 Å². The summed E-state index contributed by atoms with van der Waals surface area (Å²) in [7, 11) is 1.91. The topological polar surface area (TPSA) is 82.2 Å². The third kappa shape index (κ3) is 5.29. The van der Waals surface area contributed by atoms with E-state index in [1.807, 2.05) is 37.9 Å². The van der Waals surface area contributed by atoms with Gasteiger partial charge in [0.2, 0.25) is 5.91 Å². The maximum atomic E-state index is 11.9. The van der Waals surface area contributed by atoms with Gasteiger partial charge in [0, 0.05) is 30.9 Å². The van der Waals surface area contributed by atoms with Crippen molar-refractivity contribution >= 4 is 17.3 Å². The molecule has 0 aliphatic heterocycles. The molecule has 0 bridgehead atoms. The van der Waals surface area contributed by atoms with Crippen molar-refractivity contribution in [3.63, 3.8) is 0 Å². The Bertz CT molecular complexity index is 507. The second-order valence-electron chi connectivity index (χ2n) is 5.16. The average Bonchev–Trinajstić information content (AvgIpc) is 2.39. The summed E-state index contributed by atoms with van der Waals surface area (Å²) >= 11 is 0. The largest absolute Gasteiger partial charge is 0.399 e. The Hall–Kier alpha value is -2.06. The fourth-order valence-corrected chi connectivity index (χ4v) is 1.93. The molecular formula is C15H22N4O. The molecule has 3 N–H and O–H groups in total. The molecule has 0 spiro atoms. The summed E-state index contributed by atoms with van der Waals surface area (Å²) in [6.45, 7) is 5.08. The molecule has 1 atom stereocenters. The van der Waals surface area contributed by atoms with Gasteiger partial charge in [-0.2, -0.15) is 5.26 Å². The lowest BCUT2D eigenvalue weighted by atomic mass is 10.1. The van der Waals surface area contributed by atoms with Gasteiger partial charge in [-0.05, 0) is 44.7 Å². The van der Waals surface area contributed by atoms with E-state index in [2.05, 4.69) is 11.4 Å². The fraction of sp³-hybridized carbons (Fsp3) is 0.467. The monoisotopic (exact) mass is 274 g/mol. The highest BCUT2D eigenvalue weighted by molar-refractivity contribution is 5.91. The van der Waals surface area contributed by atoms with Crippen LogP contribution in [0, 0.1) is 24.2 Å². The van der Waals surface area contributed by atoms with Gasteiger partial charge in [-0.25, -0.2) is 0 Å². The van der Waals surface area contributed by atoms with Gasteiger partial charge in [0.05, 0.1) is 12.0 Å². The molecule has 1 aromatic rings. The summed E-state index contributed by atoms with van der Waals surface area (Å²) in [5.74, 6) is -0.0586. The number of rotatable bonds is 6. The van der Waals surface area contributed by atoms with Crippen molar-refractivity contribution in [2.45, 2.75) is 20.3 Å². The molecule has 20 heavy (non-hydrogen) atoms. The summed E-state index contributed by atoms with van der Waals surface area (Å²) in [6.07, 6.45) is 0.401. The van der Waals surface area contributed by atoms with Crippen LogP contribution in [0.4, 0.5) is 11.4 Å². The van der Waals surface area contributed by atoms with Crippen LogP contribution < -0.4 is 11.1 Å². The number of hydrogen-bond acceptors (Lipinski definition) is 4. The van der Waals surface area contributed by atoms with E-state index in [0.717, 1.165) is 11.3 Å². The maximum absolute atomic E-state index is 11.9. The Balaban J connectivity index is 2.42. The lowest BCUT2D eigenvalue weighted by Crippen LogP contribution is -2.28. The van der Waals surface area contributed by atoms with Crippen LogP contribution in [0.5, 0.6) is 0 Å². The summed E-state index contributed by atoms with van der Waals surface area (Å²) in [6, 6.07) is 7.59. The Morgan fingerprint density at radius 2 is 2.25 bits per heavy atom. The number of carbonyl (C=O) groups is 1. The lowest BCUT2D eigenvalue weighted by molar-refractivity contribution is -0.116. The molecule has 1 aromatic carbocycles. The Morgan fingerprint density at radius 1 is 1.55 bits per heavy atom. The predicted octanol–water partition coefficient (Wildman–Crippen LogP) is 2.00. The summed E-state index contributed by atoms with van der Waals surface area (Å²) in [4.78, 5) is 13.9. The first-order chi connectivity index (χ1) is 9.42. The van der Waals surface area contributed by atoms with E-state index in [4.69, 9.17) is 11.0 Å². The number of amides is 1. The molecule has 1 unspecified atom stereocenters. The number of aryl methyl sites for hydroxylation is 1. The smallest absolute Gasteiger partial charge is 0.225 e. The second kappa shape index (κ2) is 7.51. The molecule has 0 radical (unpaired) electrons. The van der Waals surface area contributed by atoms with Gasteiger partial charge in [-0.1, -0.05) is 0 Å². The van der Waals surface area contributed by atoms with Gasteiger partial charge in [-0.15, -0.1) is 0 Å². The highest BCUT2D eigenvalue weighted by atomic mass is 16.1. The van der Waals surface area contributed by atoms with E-state index in [1.54, 1.807) is 6.07 Å². The molecule has 0 aromatic heterocycles. The third-order valence-electron chi connectivity index (χ3n) is 3.05. The van der Waals surface area contributed by atoms with Crippen LogP contribution in [0.3, 0.4) is 0 Å². The molecular weight excluding hydrogens is 252 g/mol. The number of nitrogens with one attached hydrogen (secondary N) is 1. The minimum atomic E-state index is -0.0330. The van der Waals surface area contributed by atoms with E-state index in [9.17, 15) is 4.79 Å². The Labute approximate surface area is 120 Å². The van der Waals surface area contributed by atoms with Crippen molar-refractivity contribution in [3.8, 4) is 6.07 Å². The van der Waals surface area contributed by atoms with Crippen LogP contribution >= 0.6 is 0 Å². The van der Waals surface area contributed by atoms with Crippen LogP contribution in [0.1, 0.15) is 18.9 Å². The molecule has 5 nitrogen and oxygen atoms in total. The first kappa shape index (κ1) is 16.0.